The second kappa shape index (κ2) is 12.6. The van der Waals surface area contributed by atoms with E-state index in [-0.39, 0.29) is 35.8 Å². The molecule has 1 aliphatic rings. The van der Waals surface area contributed by atoms with Crippen LogP contribution in [0, 0.1) is 6.92 Å². The molecule has 0 aromatic carbocycles. The number of guanidine groups is 1. The third kappa shape index (κ3) is 7.86. The number of nitrogens with one attached hydrogen (secondary N) is 2. The average molecular weight is 526 g/mol. The Kier molecular flexibility index (Phi) is 11.4. The van der Waals surface area contributed by atoms with Crippen molar-refractivity contribution < 1.29 is 8.42 Å². The molecule has 0 bridgehead atoms. The van der Waals surface area contributed by atoms with Gasteiger partial charge in [-0.15, -0.1) is 24.0 Å². The first-order valence-corrected chi connectivity index (χ1v) is 11.5. The highest BCUT2D eigenvalue weighted by molar-refractivity contribution is 14.0. The highest BCUT2D eigenvalue weighted by atomic mass is 127. The van der Waals surface area contributed by atoms with E-state index in [9.17, 15) is 8.42 Å². The van der Waals surface area contributed by atoms with Gasteiger partial charge in [-0.25, -0.2) is 17.7 Å². The Hall–Kier alpha value is -0.880. The van der Waals surface area contributed by atoms with Gasteiger partial charge in [-0.05, 0) is 39.0 Å². The molecule has 28 heavy (non-hydrogen) atoms. The van der Waals surface area contributed by atoms with Gasteiger partial charge in [0.1, 0.15) is 5.82 Å². The maximum atomic E-state index is 12.1. The van der Waals surface area contributed by atoms with Crippen LogP contribution in [0.2, 0.25) is 0 Å². The summed E-state index contributed by atoms with van der Waals surface area (Å²) in [6.45, 7) is 6.92. The molecule has 1 aliphatic heterocycles. The minimum absolute atomic E-state index is 0. The maximum Gasteiger partial charge on any atom is 0.214 e. The number of hydrogen-bond acceptors (Lipinski definition) is 4. The van der Waals surface area contributed by atoms with Crippen LogP contribution in [0.15, 0.2) is 17.4 Å². The first kappa shape index (κ1) is 25.2. The van der Waals surface area contributed by atoms with E-state index in [1.165, 1.54) is 0 Å². The predicted octanol–water partition coefficient (Wildman–Crippen LogP) is 1.96. The number of hydrogen-bond donors (Lipinski definition) is 2. The Morgan fingerprint density at radius 1 is 1.32 bits per heavy atom. The Morgan fingerprint density at radius 2 is 2.04 bits per heavy atom. The lowest BCUT2D eigenvalue weighted by Gasteiger charge is -2.32. The van der Waals surface area contributed by atoms with Gasteiger partial charge in [0.25, 0.3) is 0 Å². The number of imidazole rings is 1. The van der Waals surface area contributed by atoms with Gasteiger partial charge in [0.05, 0.1) is 5.75 Å². The van der Waals surface area contributed by atoms with Crippen molar-refractivity contribution in [2.24, 2.45) is 4.99 Å². The van der Waals surface area contributed by atoms with Crippen LogP contribution in [0.3, 0.4) is 0 Å². The second-order valence-corrected chi connectivity index (χ2v) is 9.10. The van der Waals surface area contributed by atoms with Gasteiger partial charge < -0.3 is 15.2 Å². The molecule has 2 N–H and O–H groups in total. The summed E-state index contributed by atoms with van der Waals surface area (Å²) in [7, 11) is -1.31. The van der Waals surface area contributed by atoms with Gasteiger partial charge >= 0.3 is 0 Å². The molecule has 8 nitrogen and oxygen atoms in total. The van der Waals surface area contributed by atoms with Crippen LogP contribution >= 0.6 is 24.0 Å². The zero-order valence-electron chi connectivity index (χ0n) is 17.2. The zero-order chi connectivity index (χ0) is 19.7. The lowest BCUT2D eigenvalue weighted by atomic mass is 10.1. The number of aromatic nitrogens is 2. The van der Waals surface area contributed by atoms with E-state index < -0.39 is 10.0 Å². The molecule has 0 saturated carbocycles. The molecule has 0 spiro atoms. The number of aryl methyl sites for hydroxylation is 2. The van der Waals surface area contributed by atoms with Crippen molar-refractivity contribution in [3.63, 3.8) is 0 Å². The average Bonchev–Trinajstić information content (AvgIpc) is 3.05. The molecule has 1 saturated heterocycles. The van der Waals surface area contributed by atoms with Crippen molar-refractivity contribution in [3.05, 3.63) is 18.2 Å². The molecule has 1 aromatic rings. The van der Waals surface area contributed by atoms with Crippen molar-refractivity contribution >= 4 is 40.0 Å². The number of nitrogens with zero attached hydrogens (tertiary/aromatic N) is 4. The van der Waals surface area contributed by atoms with E-state index in [1.807, 2.05) is 26.2 Å². The summed E-state index contributed by atoms with van der Waals surface area (Å²) in [5.41, 5.74) is 0. The first-order chi connectivity index (χ1) is 13.0. The maximum absolute atomic E-state index is 12.1. The Bertz CT molecular complexity index is 699. The lowest BCUT2D eigenvalue weighted by Crippen LogP contribution is -2.50. The quantitative estimate of drug-likeness (QED) is 0.222. The van der Waals surface area contributed by atoms with Crippen molar-refractivity contribution in [3.8, 4) is 0 Å². The van der Waals surface area contributed by atoms with E-state index in [4.69, 9.17) is 0 Å². The number of rotatable bonds is 9. The fraction of sp³-hybridized carbons (Fsp3) is 0.778. The molecule has 10 heteroatoms. The largest absolute Gasteiger partial charge is 0.356 e. The summed E-state index contributed by atoms with van der Waals surface area (Å²) >= 11 is 0. The molecule has 162 valence electrons. The predicted molar refractivity (Wildman–Crippen MR) is 125 cm³/mol. The molecule has 1 aromatic heterocycles. The summed E-state index contributed by atoms with van der Waals surface area (Å²) in [6.07, 6.45) is 8.25. The van der Waals surface area contributed by atoms with Crippen molar-refractivity contribution in [1.29, 1.82) is 0 Å². The third-order valence-electron chi connectivity index (χ3n) is 4.92. The molecule has 0 amide bonds. The highest BCUT2D eigenvalue weighted by Gasteiger charge is 2.27. The van der Waals surface area contributed by atoms with E-state index in [0.717, 1.165) is 50.6 Å². The monoisotopic (exact) mass is 526 g/mol. The Morgan fingerprint density at radius 3 is 2.61 bits per heavy atom. The number of aliphatic imine (C=N–C) groups is 1. The van der Waals surface area contributed by atoms with E-state index >= 15 is 0 Å². The minimum Gasteiger partial charge on any atom is -0.356 e. The topological polar surface area (TPSA) is 91.6 Å². The van der Waals surface area contributed by atoms with Gasteiger partial charge in [-0.3, -0.25) is 4.99 Å². The smallest absolute Gasteiger partial charge is 0.214 e. The lowest BCUT2D eigenvalue weighted by molar-refractivity contribution is 0.306. The molecule has 2 rings (SSSR count). The zero-order valence-corrected chi connectivity index (χ0v) is 20.4. The Balaban J connectivity index is 0.00000392. The molecular formula is C18H35IN6O2S. The Labute approximate surface area is 186 Å². The number of unbranched alkanes of at least 4 members (excludes halogenated alkanes) is 1. The van der Waals surface area contributed by atoms with E-state index in [0.29, 0.717) is 19.5 Å². The number of halogens is 1. The fourth-order valence-electron chi connectivity index (χ4n) is 3.31. The molecule has 0 atom stereocenters. The SMILES string of the molecule is CCCS(=O)(=O)N1CCC(NC(=NC)NCCCCn2ccnc2C)CC1.I. The van der Waals surface area contributed by atoms with Crippen LogP contribution in [0.1, 0.15) is 44.9 Å². The van der Waals surface area contributed by atoms with Crippen LogP contribution in [0.25, 0.3) is 0 Å². The summed E-state index contributed by atoms with van der Waals surface area (Å²) in [5.74, 6) is 2.09. The van der Waals surface area contributed by atoms with Crippen LogP contribution < -0.4 is 10.6 Å². The van der Waals surface area contributed by atoms with Gasteiger partial charge in [0, 0.05) is 51.7 Å². The molecule has 0 radical (unpaired) electrons. The summed E-state index contributed by atoms with van der Waals surface area (Å²) in [5, 5.41) is 6.78. The summed E-state index contributed by atoms with van der Waals surface area (Å²) in [6, 6.07) is 0.262. The van der Waals surface area contributed by atoms with Crippen LogP contribution in [0.4, 0.5) is 0 Å². The third-order valence-corrected chi connectivity index (χ3v) is 6.99. The van der Waals surface area contributed by atoms with Gasteiger partial charge in [-0.2, -0.15) is 0 Å². The standard InChI is InChI=1S/C18H34N6O2S.HI/c1-4-15-27(25,26)24-12-7-17(8-13-24)22-18(19-3)21-9-5-6-11-23-14-10-20-16(23)2;/h10,14,17H,4-9,11-13,15H2,1-3H3,(H2,19,21,22);1H. The van der Waals surface area contributed by atoms with E-state index in [2.05, 4.69) is 25.2 Å². The van der Waals surface area contributed by atoms with Gasteiger partial charge in [0.2, 0.25) is 10.0 Å². The number of piperidine rings is 1. The fourth-order valence-corrected chi connectivity index (χ4v) is 4.85. The first-order valence-electron chi connectivity index (χ1n) is 9.89. The van der Waals surface area contributed by atoms with Crippen molar-refractivity contribution in [2.45, 2.75) is 58.5 Å². The number of sulfonamides is 1. The molecule has 0 aliphatic carbocycles. The summed E-state index contributed by atoms with van der Waals surface area (Å²) in [4.78, 5) is 8.52. The summed E-state index contributed by atoms with van der Waals surface area (Å²) < 4.78 is 28.1. The molecular weight excluding hydrogens is 491 g/mol. The van der Waals surface area contributed by atoms with Gasteiger partial charge in [0.15, 0.2) is 5.96 Å². The van der Waals surface area contributed by atoms with Crippen molar-refractivity contribution in [2.75, 3.05) is 32.4 Å². The normalized spacial score (nSPS) is 16.6. The molecule has 2 heterocycles. The van der Waals surface area contributed by atoms with Crippen LogP contribution in [-0.4, -0.2) is 66.7 Å². The van der Waals surface area contributed by atoms with Gasteiger partial charge in [-0.1, -0.05) is 6.92 Å². The molecule has 1 fully saturated rings. The highest BCUT2D eigenvalue weighted by Crippen LogP contribution is 2.15. The van der Waals surface area contributed by atoms with Crippen molar-refractivity contribution in [1.82, 2.24) is 24.5 Å². The molecule has 0 unspecified atom stereocenters. The minimum atomic E-state index is -3.08. The van der Waals surface area contributed by atoms with Crippen LogP contribution in [-0.2, 0) is 16.6 Å². The second-order valence-electron chi connectivity index (χ2n) is 7.01. The van der Waals surface area contributed by atoms with E-state index in [1.54, 1.807) is 11.4 Å². The van der Waals surface area contributed by atoms with Crippen LogP contribution in [0.5, 0.6) is 0 Å².